The lowest BCUT2D eigenvalue weighted by Crippen LogP contribution is -2.27. The van der Waals surface area contributed by atoms with Gasteiger partial charge >= 0.3 is 18.1 Å². The van der Waals surface area contributed by atoms with Crippen LogP contribution in [0.25, 0.3) is 0 Å². The van der Waals surface area contributed by atoms with Crippen molar-refractivity contribution in [2.45, 2.75) is 44.8 Å². The molecule has 11 heteroatoms. The van der Waals surface area contributed by atoms with Gasteiger partial charge in [0.05, 0.1) is 18.7 Å². The van der Waals surface area contributed by atoms with Crippen molar-refractivity contribution in [2.75, 3.05) is 7.05 Å². The third kappa shape index (κ3) is 6.56. The number of carbonyl (C=O) groups excluding carboxylic acids is 1. The predicted molar refractivity (Wildman–Crippen MR) is 107 cm³/mol. The fourth-order valence-corrected chi connectivity index (χ4v) is 3.38. The molecule has 1 aromatic carbocycles. The summed E-state index contributed by atoms with van der Waals surface area (Å²) in [5, 5.41) is 16.0. The molecule has 174 valence electrons. The number of carboxylic acids is 2. The van der Waals surface area contributed by atoms with Gasteiger partial charge in [0.15, 0.2) is 0 Å². The zero-order chi connectivity index (χ0) is 24.1. The molecule has 0 radical (unpaired) electrons. The molecule has 1 aliphatic carbocycles. The van der Waals surface area contributed by atoms with Crippen LogP contribution in [0.2, 0.25) is 0 Å². The first-order valence-electron chi connectivity index (χ1n) is 9.79. The van der Waals surface area contributed by atoms with Gasteiger partial charge in [0.1, 0.15) is 5.82 Å². The van der Waals surface area contributed by atoms with Gasteiger partial charge in [-0.05, 0) is 43.4 Å². The van der Waals surface area contributed by atoms with E-state index < -0.39 is 18.1 Å². The quantitative estimate of drug-likeness (QED) is 0.717. The molecule has 0 unspecified atom stereocenters. The normalized spacial score (nSPS) is 12.9. The number of aliphatic carboxylic acids is 2. The minimum Gasteiger partial charge on any atom is -0.481 e. The molecule has 32 heavy (non-hydrogen) atoms. The van der Waals surface area contributed by atoms with Crippen molar-refractivity contribution >= 4 is 17.8 Å². The van der Waals surface area contributed by atoms with E-state index >= 15 is 0 Å². The van der Waals surface area contributed by atoms with Gasteiger partial charge in [-0.1, -0.05) is 12.1 Å². The SMILES string of the molecule is CN(Cc1nc2c(n1C)CCCC2)C(=O)c1cccc(CC(=O)O)c1.O=C(O)C(F)(F)F. The standard InChI is InChI=1S/C19H23N3O3.C2HF3O2/c1-21(12-17-20-15-8-3-4-9-16(15)22(17)2)19(25)14-7-5-6-13(10-14)11-18(23)24;3-2(4,5)1(6)7/h5-7,10H,3-4,8-9,11-12H2,1-2H3,(H,23,24);(H,6,7). The van der Waals surface area contributed by atoms with Crippen LogP contribution in [-0.2, 0) is 42.4 Å². The Morgan fingerprint density at radius 3 is 2.34 bits per heavy atom. The summed E-state index contributed by atoms with van der Waals surface area (Å²) in [7, 11) is 3.76. The van der Waals surface area contributed by atoms with Crippen LogP contribution in [0, 0.1) is 0 Å². The minimum atomic E-state index is -5.08. The van der Waals surface area contributed by atoms with Crippen LogP contribution >= 0.6 is 0 Å². The number of carboxylic acid groups (broad SMARTS) is 2. The van der Waals surface area contributed by atoms with Crippen LogP contribution in [0.4, 0.5) is 13.2 Å². The summed E-state index contributed by atoms with van der Waals surface area (Å²) in [6.45, 7) is 0.436. The van der Waals surface area contributed by atoms with E-state index in [0.29, 0.717) is 17.7 Å². The Morgan fingerprint density at radius 2 is 1.78 bits per heavy atom. The summed E-state index contributed by atoms with van der Waals surface area (Å²) < 4.78 is 33.8. The molecule has 0 saturated heterocycles. The monoisotopic (exact) mass is 455 g/mol. The van der Waals surface area contributed by atoms with E-state index in [0.717, 1.165) is 24.4 Å². The molecule has 0 atom stereocenters. The van der Waals surface area contributed by atoms with Crippen molar-refractivity contribution in [1.82, 2.24) is 14.5 Å². The summed E-state index contributed by atoms with van der Waals surface area (Å²) >= 11 is 0. The topological polar surface area (TPSA) is 113 Å². The highest BCUT2D eigenvalue weighted by atomic mass is 19.4. The molecule has 2 aromatic rings. The van der Waals surface area contributed by atoms with Gasteiger partial charge in [-0.2, -0.15) is 13.2 Å². The van der Waals surface area contributed by atoms with E-state index in [4.69, 9.17) is 20.0 Å². The molecule has 1 aliphatic rings. The number of halogens is 3. The van der Waals surface area contributed by atoms with Gasteiger partial charge in [0, 0.05) is 25.4 Å². The zero-order valence-corrected chi connectivity index (χ0v) is 17.6. The second-order valence-electron chi connectivity index (χ2n) is 7.42. The first kappa shape index (κ1) is 24.9. The number of rotatable bonds is 5. The molecule has 0 spiro atoms. The van der Waals surface area contributed by atoms with E-state index in [-0.39, 0.29) is 12.3 Å². The molecule has 0 fully saturated rings. The molecule has 8 nitrogen and oxygen atoms in total. The maximum absolute atomic E-state index is 12.7. The Bertz CT molecular complexity index is 1000. The number of hydrogen-bond donors (Lipinski definition) is 2. The van der Waals surface area contributed by atoms with Crippen LogP contribution < -0.4 is 0 Å². The van der Waals surface area contributed by atoms with Gasteiger partial charge < -0.3 is 19.7 Å². The van der Waals surface area contributed by atoms with Crippen LogP contribution in [0.1, 0.15) is 46.0 Å². The van der Waals surface area contributed by atoms with Crippen molar-refractivity contribution < 1.29 is 37.8 Å². The lowest BCUT2D eigenvalue weighted by atomic mass is 10.0. The highest BCUT2D eigenvalue weighted by Crippen LogP contribution is 2.22. The van der Waals surface area contributed by atoms with Crippen LogP contribution in [0.15, 0.2) is 24.3 Å². The number of aromatic nitrogens is 2. The van der Waals surface area contributed by atoms with E-state index in [9.17, 15) is 22.8 Å². The number of fused-ring (bicyclic) bond motifs is 1. The number of benzene rings is 1. The average Bonchev–Trinajstić information content (AvgIpc) is 3.02. The fourth-order valence-electron chi connectivity index (χ4n) is 3.38. The van der Waals surface area contributed by atoms with E-state index in [1.807, 2.05) is 7.05 Å². The van der Waals surface area contributed by atoms with Crippen molar-refractivity contribution in [3.63, 3.8) is 0 Å². The van der Waals surface area contributed by atoms with Crippen LogP contribution in [0.3, 0.4) is 0 Å². The summed E-state index contributed by atoms with van der Waals surface area (Å²) in [5.41, 5.74) is 3.57. The van der Waals surface area contributed by atoms with E-state index in [1.54, 1.807) is 36.2 Å². The van der Waals surface area contributed by atoms with Gasteiger partial charge in [0.25, 0.3) is 5.91 Å². The number of alkyl halides is 3. The minimum absolute atomic E-state index is 0.0864. The highest BCUT2D eigenvalue weighted by molar-refractivity contribution is 5.94. The molecule has 1 amide bonds. The average molecular weight is 455 g/mol. The molecular formula is C21H24F3N3O5. The molecule has 0 aliphatic heterocycles. The maximum Gasteiger partial charge on any atom is 0.490 e. The molecule has 0 bridgehead atoms. The van der Waals surface area contributed by atoms with Crippen LogP contribution in [-0.4, -0.2) is 55.7 Å². The van der Waals surface area contributed by atoms with Gasteiger partial charge in [-0.15, -0.1) is 0 Å². The zero-order valence-electron chi connectivity index (χ0n) is 17.6. The Labute approximate surface area is 182 Å². The second-order valence-corrected chi connectivity index (χ2v) is 7.42. The maximum atomic E-state index is 12.7. The van der Waals surface area contributed by atoms with Gasteiger partial charge in [0.2, 0.25) is 0 Å². The molecule has 1 aromatic heterocycles. The highest BCUT2D eigenvalue weighted by Gasteiger charge is 2.38. The Morgan fingerprint density at radius 1 is 1.16 bits per heavy atom. The number of imidazole rings is 1. The smallest absolute Gasteiger partial charge is 0.481 e. The number of aryl methyl sites for hydroxylation is 1. The van der Waals surface area contributed by atoms with Crippen molar-refractivity contribution in [1.29, 1.82) is 0 Å². The number of hydrogen-bond acceptors (Lipinski definition) is 4. The third-order valence-electron chi connectivity index (χ3n) is 4.96. The lowest BCUT2D eigenvalue weighted by molar-refractivity contribution is -0.192. The number of carbonyl (C=O) groups is 3. The predicted octanol–water partition coefficient (Wildman–Crippen LogP) is 2.83. The molecule has 0 saturated carbocycles. The molecule has 3 rings (SSSR count). The largest absolute Gasteiger partial charge is 0.490 e. The van der Waals surface area contributed by atoms with E-state index in [2.05, 4.69) is 4.57 Å². The van der Waals surface area contributed by atoms with Crippen molar-refractivity contribution in [3.05, 3.63) is 52.6 Å². The first-order valence-corrected chi connectivity index (χ1v) is 9.79. The van der Waals surface area contributed by atoms with Gasteiger partial charge in [-0.3, -0.25) is 9.59 Å². The van der Waals surface area contributed by atoms with Crippen molar-refractivity contribution in [2.24, 2.45) is 7.05 Å². The molecule has 2 N–H and O–H groups in total. The van der Waals surface area contributed by atoms with Crippen LogP contribution in [0.5, 0.6) is 0 Å². The summed E-state index contributed by atoms with van der Waals surface area (Å²) in [6.07, 6.45) is -0.742. The summed E-state index contributed by atoms with van der Waals surface area (Å²) in [6, 6.07) is 6.81. The lowest BCUT2D eigenvalue weighted by Gasteiger charge is -2.18. The summed E-state index contributed by atoms with van der Waals surface area (Å²) in [5.74, 6) is -2.90. The Kier molecular flexibility index (Phi) is 8.01. The van der Waals surface area contributed by atoms with E-state index in [1.165, 1.54) is 18.5 Å². The second kappa shape index (κ2) is 10.3. The Balaban J connectivity index is 0.000000451. The molecule has 1 heterocycles. The number of nitrogens with zero attached hydrogens (tertiary/aromatic N) is 3. The number of amides is 1. The summed E-state index contributed by atoms with van der Waals surface area (Å²) in [4.78, 5) is 38.8. The van der Waals surface area contributed by atoms with Crippen molar-refractivity contribution in [3.8, 4) is 0 Å². The molecular weight excluding hydrogens is 431 g/mol. The Hall–Kier alpha value is -3.37. The van der Waals surface area contributed by atoms with Gasteiger partial charge in [-0.25, -0.2) is 9.78 Å². The fraction of sp³-hybridized carbons (Fsp3) is 0.429. The third-order valence-corrected chi connectivity index (χ3v) is 4.96. The first-order chi connectivity index (χ1) is 14.9.